The molecule has 0 aliphatic heterocycles. The summed E-state index contributed by atoms with van der Waals surface area (Å²) in [5.74, 6) is 0. The number of halogens is 1. The molecule has 3 aliphatic carbocycles. The Bertz CT molecular complexity index is 404. The molecule has 0 aromatic heterocycles. The Morgan fingerprint density at radius 1 is 0.647 bits per heavy atom. The minimum atomic E-state index is -1.82. The van der Waals surface area contributed by atoms with Crippen LogP contribution in [0.1, 0.15) is 19.3 Å². The van der Waals surface area contributed by atoms with Gasteiger partial charge in [0.05, 0.1) is 0 Å². The molecule has 0 aromatic rings. The van der Waals surface area contributed by atoms with Crippen LogP contribution >= 0.6 is 0 Å². The van der Waals surface area contributed by atoms with E-state index in [9.17, 15) is 0 Å². The molecule has 0 unspecified atom stereocenters. The van der Waals surface area contributed by atoms with Crippen molar-refractivity contribution in [2.24, 2.45) is 0 Å². The molecule has 0 fully saturated rings. The van der Waals surface area contributed by atoms with Crippen LogP contribution < -0.4 is 12.4 Å². The van der Waals surface area contributed by atoms with E-state index in [1.165, 1.54) is 19.3 Å². The van der Waals surface area contributed by atoms with Gasteiger partial charge in [0.2, 0.25) is 0 Å². The Balaban J connectivity index is 0.00000108. The summed E-state index contributed by atoms with van der Waals surface area (Å²) >= 11 is -1.82. The molecule has 0 atom stereocenters. The van der Waals surface area contributed by atoms with Crippen molar-refractivity contribution in [2.45, 2.75) is 19.3 Å². The fraction of sp³-hybridized carbons (Fsp3) is 0.200. The second kappa shape index (κ2) is 6.33. The molecule has 0 amide bonds. The Kier molecular flexibility index (Phi) is 5.04. The van der Waals surface area contributed by atoms with Gasteiger partial charge >= 0.3 is 113 Å². The fourth-order valence-corrected chi connectivity index (χ4v) is 11.9. The van der Waals surface area contributed by atoms with Gasteiger partial charge < -0.3 is 12.4 Å². The van der Waals surface area contributed by atoms with E-state index >= 15 is 0 Å². The molecule has 3 aliphatic rings. The van der Waals surface area contributed by atoms with Gasteiger partial charge in [-0.15, -0.1) is 0 Å². The molecule has 3 rings (SSSR count). The van der Waals surface area contributed by atoms with E-state index in [-0.39, 0.29) is 12.4 Å². The number of hydrogen-bond donors (Lipinski definition) is 0. The fourth-order valence-electron chi connectivity index (χ4n) is 2.52. The molecule has 0 spiro atoms. The van der Waals surface area contributed by atoms with Crippen molar-refractivity contribution in [3.05, 3.63) is 58.0 Å². The molecule has 0 heterocycles. The maximum Gasteiger partial charge on any atom is -1.00 e. The summed E-state index contributed by atoms with van der Waals surface area (Å²) in [4.78, 5) is 0. The molecule has 0 saturated carbocycles. The average Bonchev–Trinajstić information content (AvgIpc) is 3.02. The molecular weight excluding hydrogens is 356 g/mol. The zero-order valence-electron chi connectivity index (χ0n) is 9.70. The maximum atomic E-state index is 2.39. The van der Waals surface area contributed by atoms with Gasteiger partial charge in [-0.2, -0.15) is 0 Å². The van der Waals surface area contributed by atoms with Crippen LogP contribution in [-0.2, 0) is 0 Å². The molecule has 0 nitrogen and oxygen atoms in total. The van der Waals surface area contributed by atoms with Gasteiger partial charge in [0.15, 0.2) is 0 Å². The molecule has 0 N–H and O–H groups in total. The quantitative estimate of drug-likeness (QED) is 0.699. The first-order chi connectivity index (χ1) is 7.95. The van der Waals surface area contributed by atoms with Gasteiger partial charge in [0, 0.05) is 0 Å². The molecular formula is C15H15CeCl. The monoisotopic (exact) mass is 370 g/mol. The zero-order chi connectivity index (χ0) is 10.8. The summed E-state index contributed by atoms with van der Waals surface area (Å²) in [6, 6.07) is 0. The van der Waals surface area contributed by atoms with Gasteiger partial charge in [-0.3, -0.25) is 0 Å². The summed E-state index contributed by atoms with van der Waals surface area (Å²) in [5.41, 5.74) is 0. The first-order valence-electron chi connectivity index (χ1n) is 5.90. The summed E-state index contributed by atoms with van der Waals surface area (Å²) in [6.45, 7) is 0. The average molecular weight is 371 g/mol. The molecule has 2 heteroatoms. The molecule has 17 heavy (non-hydrogen) atoms. The molecule has 86 valence electrons. The van der Waals surface area contributed by atoms with Crippen LogP contribution in [0, 0.1) is 35.5 Å². The van der Waals surface area contributed by atoms with E-state index in [4.69, 9.17) is 0 Å². The summed E-state index contributed by atoms with van der Waals surface area (Å²) < 4.78 is 5.32. The summed E-state index contributed by atoms with van der Waals surface area (Å²) in [5, 5.41) is 0. The smallest absolute Gasteiger partial charge is 1.00 e. The standard InChI is InChI=1S/3C5H5.Ce.ClH/c3*1-2-4-5-3-1;;/h3*1-3H,4H2;;1H/q;;;+1;/p-1. The van der Waals surface area contributed by atoms with Gasteiger partial charge in [0.25, 0.3) is 0 Å². The predicted molar refractivity (Wildman–Crippen MR) is 65.5 cm³/mol. The maximum absolute atomic E-state index is 2.39. The Labute approximate surface area is 123 Å². The van der Waals surface area contributed by atoms with Crippen molar-refractivity contribution < 1.29 is 47.9 Å². The van der Waals surface area contributed by atoms with Crippen molar-refractivity contribution in [3.63, 3.8) is 0 Å². The Hall–Kier alpha value is 0.107. The SMILES string of the molecule is C1=CC[C]([Ce+]([C]2=CC=CC2)[C]2=CC=CC2)=C1.[Cl-]. The van der Waals surface area contributed by atoms with E-state index in [0.29, 0.717) is 0 Å². The zero-order valence-corrected chi connectivity index (χ0v) is 13.6. The third-order valence-corrected chi connectivity index (χ3v) is 12.8. The predicted octanol–water partition coefficient (Wildman–Crippen LogP) is 1.14. The van der Waals surface area contributed by atoms with Crippen molar-refractivity contribution >= 4 is 0 Å². The van der Waals surface area contributed by atoms with E-state index in [0.717, 1.165) is 0 Å². The Morgan fingerprint density at radius 3 is 1.24 bits per heavy atom. The van der Waals surface area contributed by atoms with Crippen molar-refractivity contribution in [1.82, 2.24) is 0 Å². The number of rotatable bonds is 3. The molecule has 0 aromatic carbocycles. The largest absolute Gasteiger partial charge is 1.00 e. The van der Waals surface area contributed by atoms with Gasteiger partial charge in [0.1, 0.15) is 0 Å². The normalized spacial score (nSPS) is 20.1. The number of allylic oxidation sites excluding steroid dienone is 12. The van der Waals surface area contributed by atoms with Crippen molar-refractivity contribution in [2.75, 3.05) is 0 Å². The van der Waals surface area contributed by atoms with E-state index in [1.54, 1.807) is 3.27 Å². The van der Waals surface area contributed by atoms with Crippen LogP contribution in [0.3, 0.4) is 0 Å². The van der Waals surface area contributed by atoms with Crippen molar-refractivity contribution in [3.8, 4) is 0 Å². The van der Waals surface area contributed by atoms with Gasteiger partial charge in [-0.25, -0.2) is 0 Å². The minimum Gasteiger partial charge on any atom is -1.00 e. The topological polar surface area (TPSA) is 0 Å². The van der Waals surface area contributed by atoms with Gasteiger partial charge in [-0.1, -0.05) is 0 Å². The van der Waals surface area contributed by atoms with E-state index in [1.807, 2.05) is 0 Å². The minimum absolute atomic E-state index is 0. The van der Waals surface area contributed by atoms with E-state index in [2.05, 4.69) is 54.7 Å². The van der Waals surface area contributed by atoms with Crippen LogP contribution in [0.5, 0.6) is 0 Å². The Morgan fingerprint density at radius 2 is 1.00 bits per heavy atom. The van der Waals surface area contributed by atoms with Crippen molar-refractivity contribution in [1.29, 1.82) is 0 Å². The first kappa shape index (κ1) is 13.5. The number of hydrogen-bond acceptors (Lipinski definition) is 0. The third kappa shape index (κ3) is 2.92. The van der Waals surface area contributed by atoms with Crippen LogP contribution in [0.2, 0.25) is 0 Å². The van der Waals surface area contributed by atoms with Crippen LogP contribution in [-0.4, -0.2) is 0 Å². The third-order valence-electron chi connectivity index (χ3n) is 3.28. The molecule has 0 saturated heterocycles. The van der Waals surface area contributed by atoms with E-state index < -0.39 is 35.5 Å². The molecule has 0 radical (unpaired) electrons. The van der Waals surface area contributed by atoms with Crippen LogP contribution in [0.15, 0.2) is 58.0 Å². The summed E-state index contributed by atoms with van der Waals surface area (Å²) in [6.07, 6.45) is 24.5. The molecule has 0 bridgehead atoms. The first-order valence-corrected chi connectivity index (χ1v) is 10.6. The second-order valence-corrected chi connectivity index (χ2v) is 12.8. The van der Waals surface area contributed by atoms with Crippen LogP contribution in [0.25, 0.3) is 0 Å². The second-order valence-electron chi connectivity index (χ2n) is 4.35. The summed E-state index contributed by atoms with van der Waals surface area (Å²) in [7, 11) is 0. The van der Waals surface area contributed by atoms with Crippen LogP contribution in [0.4, 0.5) is 0 Å². The van der Waals surface area contributed by atoms with Gasteiger partial charge in [-0.05, 0) is 0 Å².